The molecule has 0 aliphatic carbocycles. The maximum absolute atomic E-state index is 7.35. The number of rotatable bonds is 1. The van der Waals surface area contributed by atoms with E-state index >= 15 is 0 Å². The molecule has 0 unspecified atom stereocenters. The molecule has 1 heterocycles. The zero-order chi connectivity index (χ0) is 6.69. The molecular weight excluding hydrogens is 116 g/mol. The van der Waals surface area contributed by atoms with Crippen molar-refractivity contribution in [3.8, 4) is 0 Å². The number of amidine groups is 1. The van der Waals surface area contributed by atoms with Gasteiger partial charge >= 0.3 is 0 Å². The Labute approximate surface area is 54.7 Å². The third-order valence-electron chi connectivity index (χ3n) is 1.40. The molecule has 1 rings (SSSR count). The highest BCUT2D eigenvalue weighted by Crippen LogP contribution is 1.87. The molecule has 0 aromatic rings. The Bertz CT molecular complexity index is 112. The highest BCUT2D eigenvalue weighted by Gasteiger charge is 2.10. The molecule has 9 heavy (non-hydrogen) atoms. The standard InChI is InChI=1S/C5H12N4/c1-7-9-3-2-8-4-5(9)6/h6-8H,2-4H2,1H3. The van der Waals surface area contributed by atoms with Crippen LogP contribution >= 0.6 is 0 Å². The van der Waals surface area contributed by atoms with Gasteiger partial charge < -0.3 is 5.32 Å². The Morgan fingerprint density at radius 1 is 1.78 bits per heavy atom. The molecule has 0 aromatic carbocycles. The summed E-state index contributed by atoms with van der Waals surface area (Å²) in [4.78, 5) is 0. The molecule has 0 atom stereocenters. The number of piperazine rings is 1. The first kappa shape index (κ1) is 6.51. The van der Waals surface area contributed by atoms with Crippen LogP contribution < -0.4 is 10.7 Å². The van der Waals surface area contributed by atoms with E-state index < -0.39 is 0 Å². The van der Waals surface area contributed by atoms with Crippen molar-refractivity contribution in [2.75, 3.05) is 26.7 Å². The van der Waals surface area contributed by atoms with Crippen LogP contribution in [0.4, 0.5) is 0 Å². The van der Waals surface area contributed by atoms with Gasteiger partial charge in [0.15, 0.2) is 0 Å². The second-order valence-corrected chi connectivity index (χ2v) is 2.00. The predicted molar refractivity (Wildman–Crippen MR) is 36.4 cm³/mol. The van der Waals surface area contributed by atoms with Gasteiger partial charge in [0.05, 0.1) is 6.54 Å². The van der Waals surface area contributed by atoms with Gasteiger partial charge in [0.2, 0.25) is 0 Å². The average Bonchev–Trinajstić information content (AvgIpc) is 1.89. The van der Waals surface area contributed by atoms with Crippen LogP contribution in [0.3, 0.4) is 0 Å². The van der Waals surface area contributed by atoms with Crippen molar-refractivity contribution in [3.63, 3.8) is 0 Å². The first-order valence-corrected chi connectivity index (χ1v) is 3.07. The van der Waals surface area contributed by atoms with Gasteiger partial charge in [-0.2, -0.15) is 0 Å². The van der Waals surface area contributed by atoms with Crippen LogP contribution in [0.15, 0.2) is 0 Å². The molecule has 3 N–H and O–H groups in total. The van der Waals surface area contributed by atoms with Gasteiger partial charge in [-0.3, -0.25) is 10.4 Å². The SMILES string of the molecule is CNN1CCNCC1=N. The highest BCUT2D eigenvalue weighted by atomic mass is 15.5. The van der Waals surface area contributed by atoms with E-state index in [1.54, 1.807) is 0 Å². The van der Waals surface area contributed by atoms with Crippen molar-refractivity contribution in [1.29, 1.82) is 5.41 Å². The smallest absolute Gasteiger partial charge is 0.124 e. The molecular formula is C5H12N4. The molecule has 1 saturated heterocycles. The van der Waals surface area contributed by atoms with Crippen LogP contribution in [-0.2, 0) is 0 Å². The van der Waals surface area contributed by atoms with Crippen molar-refractivity contribution in [1.82, 2.24) is 15.8 Å². The lowest BCUT2D eigenvalue weighted by molar-refractivity contribution is 0.309. The lowest BCUT2D eigenvalue weighted by Gasteiger charge is -2.28. The summed E-state index contributed by atoms with van der Waals surface area (Å²) in [5.74, 6) is 0.615. The monoisotopic (exact) mass is 128 g/mol. The van der Waals surface area contributed by atoms with E-state index in [1.807, 2.05) is 12.1 Å². The Balaban J connectivity index is 2.39. The maximum atomic E-state index is 7.35. The topological polar surface area (TPSA) is 51.1 Å². The van der Waals surface area contributed by atoms with E-state index in [1.165, 1.54) is 0 Å². The van der Waals surface area contributed by atoms with Crippen LogP contribution in [0, 0.1) is 5.41 Å². The first-order valence-electron chi connectivity index (χ1n) is 3.07. The van der Waals surface area contributed by atoms with E-state index in [-0.39, 0.29) is 0 Å². The molecule has 0 aromatic heterocycles. The molecule has 0 saturated carbocycles. The van der Waals surface area contributed by atoms with Gasteiger partial charge in [-0.05, 0) is 0 Å². The van der Waals surface area contributed by atoms with E-state index in [0.29, 0.717) is 12.4 Å². The van der Waals surface area contributed by atoms with Crippen LogP contribution in [0.25, 0.3) is 0 Å². The fourth-order valence-corrected chi connectivity index (χ4v) is 0.875. The highest BCUT2D eigenvalue weighted by molar-refractivity contribution is 5.81. The quantitative estimate of drug-likeness (QED) is 0.424. The van der Waals surface area contributed by atoms with Gasteiger partial charge in [0.1, 0.15) is 5.84 Å². The van der Waals surface area contributed by atoms with Crippen LogP contribution in [-0.4, -0.2) is 37.5 Å². The van der Waals surface area contributed by atoms with Crippen molar-refractivity contribution < 1.29 is 0 Å². The molecule has 1 aliphatic heterocycles. The summed E-state index contributed by atoms with van der Waals surface area (Å²) in [7, 11) is 1.83. The summed E-state index contributed by atoms with van der Waals surface area (Å²) in [6, 6.07) is 0. The summed E-state index contributed by atoms with van der Waals surface area (Å²) in [6.07, 6.45) is 0. The largest absolute Gasteiger partial charge is 0.308 e. The lowest BCUT2D eigenvalue weighted by Crippen LogP contribution is -2.52. The van der Waals surface area contributed by atoms with Crippen LogP contribution in [0.1, 0.15) is 0 Å². The molecule has 52 valence electrons. The molecule has 0 bridgehead atoms. The van der Waals surface area contributed by atoms with Crippen molar-refractivity contribution in [2.24, 2.45) is 0 Å². The minimum Gasteiger partial charge on any atom is -0.308 e. The number of hydrogen-bond acceptors (Lipinski definition) is 3. The molecule has 1 aliphatic rings. The molecule has 4 nitrogen and oxygen atoms in total. The molecule has 0 radical (unpaired) electrons. The maximum Gasteiger partial charge on any atom is 0.124 e. The van der Waals surface area contributed by atoms with Crippen molar-refractivity contribution in [3.05, 3.63) is 0 Å². The Kier molecular flexibility index (Phi) is 2.02. The fourth-order valence-electron chi connectivity index (χ4n) is 0.875. The second-order valence-electron chi connectivity index (χ2n) is 2.00. The minimum atomic E-state index is 0.615. The van der Waals surface area contributed by atoms with E-state index in [9.17, 15) is 0 Å². The van der Waals surface area contributed by atoms with Crippen molar-refractivity contribution in [2.45, 2.75) is 0 Å². The zero-order valence-electron chi connectivity index (χ0n) is 5.57. The van der Waals surface area contributed by atoms with Gasteiger partial charge in [-0.25, -0.2) is 5.43 Å². The third kappa shape index (κ3) is 1.40. The number of hydrazine groups is 1. The molecule has 0 spiro atoms. The van der Waals surface area contributed by atoms with Gasteiger partial charge in [0, 0.05) is 20.1 Å². The van der Waals surface area contributed by atoms with E-state index in [4.69, 9.17) is 5.41 Å². The van der Waals surface area contributed by atoms with Gasteiger partial charge in [0.25, 0.3) is 0 Å². The van der Waals surface area contributed by atoms with Gasteiger partial charge in [-0.15, -0.1) is 0 Å². The summed E-state index contributed by atoms with van der Waals surface area (Å²) in [5, 5.41) is 12.3. The van der Waals surface area contributed by atoms with Gasteiger partial charge in [-0.1, -0.05) is 0 Å². The predicted octanol–water partition coefficient (Wildman–Crippen LogP) is -0.997. The van der Waals surface area contributed by atoms with Crippen molar-refractivity contribution >= 4 is 5.84 Å². The van der Waals surface area contributed by atoms with E-state index in [2.05, 4.69) is 10.7 Å². The summed E-state index contributed by atoms with van der Waals surface area (Å²) in [5.41, 5.74) is 2.92. The summed E-state index contributed by atoms with van der Waals surface area (Å²) >= 11 is 0. The third-order valence-corrected chi connectivity index (χ3v) is 1.40. The molecule has 0 amide bonds. The summed E-state index contributed by atoms with van der Waals surface area (Å²) in [6.45, 7) is 2.53. The lowest BCUT2D eigenvalue weighted by atomic mass is 10.4. The number of nitrogens with one attached hydrogen (secondary N) is 3. The zero-order valence-corrected chi connectivity index (χ0v) is 5.57. The molecule has 4 heteroatoms. The number of nitrogens with zero attached hydrogens (tertiary/aromatic N) is 1. The normalized spacial score (nSPS) is 20.6. The first-order chi connectivity index (χ1) is 4.34. The summed E-state index contributed by atoms with van der Waals surface area (Å²) < 4.78 is 0. The number of hydrogen-bond donors (Lipinski definition) is 3. The second kappa shape index (κ2) is 2.80. The minimum absolute atomic E-state index is 0.615. The van der Waals surface area contributed by atoms with E-state index in [0.717, 1.165) is 13.1 Å². The average molecular weight is 128 g/mol. The Morgan fingerprint density at radius 2 is 2.56 bits per heavy atom. The fraction of sp³-hybridized carbons (Fsp3) is 0.800. The Hall–Kier alpha value is -0.610. The molecule has 1 fully saturated rings. The van der Waals surface area contributed by atoms with Crippen LogP contribution in [0.5, 0.6) is 0 Å². The Morgan fingerprint density at radius 3 is 3.00 bits per heavy atom. The van der Waals surface area contributed by atoms with Crippen LogP contribution in [0.2, 0.25) is 0 Å².